The van der Waals surface area contributed by atoms with E-state index in [4.69, 9.17) is 4.74 Å². The molecule has 2 rings (SSSR count). The van der Waals surface area contributed by atoms with Crippen molar-refractivity contribution in [1.82, 2.24) is 0 Å². The molecule has 0 aliphatic heterocycles. The topological polar surface area (TPSA) is 43.4 Å². The zero-order valence-corrected chi connectivity index (χ0v) is 11.9. The second-order valence-corrected chi connectivity index (χ2v) is 4.81. The van der Waals surface area contributed by atoms with Crippen LogP contribution in [0.3, 0.4) is 0 Å². The van der Waals surface area contributed by atoms with E-state index in [2.05, 4.69) is 0 Å². The fraction of sp³-hybridized carbons (Fsp3) is 0.125. The molecule has 0 radical (unpaired) electrons. The van der Waals surface area contributed by atoms with E-state index in [0.29, 0.717) is 5.56 Å². The van der Waals surface area contributed by atoms with Crippen LogP contribution in [0.15, 0.2) is 52.7 Å². The predicted molar refractivity (Wildman–Crippen MR) is 79.7 cm³/mol. The Hall–Kier alpha value is -2.20. The minimum atomic E-state index is -0.590. The largest absolute Gasteiger partial charge is 0.462 e. The Bertz CT molecular complexity index is 612. The first-order valence-electron chi connectivity index (χ1n) is 6.23. The zero-order valence-electron chi connectivity index (χ0n) is 11.0. The second kappa shape index (κ2) is 6.82. The molecule has 0 spiro atoms. The fourth-order valence-electron chi connectivity index (χ4n) is 1.69. The molecule has 102 valence electrons. The molecule has 4 heteroatoms. The van der Waals surface area contributed by atoms with Crippen LogP contribution in [0.5, 0.6) is 0 Å². The summed E-state index contributed by atoms with van der Waals surface area (Å²) in [6.45, 7) is 1.95. The number of thiophene rings is 1. The van der Waals surface area contributed by atoms with Gasteiger partial charge < -0.3 is 4.74 Å². The van der Waals surface area contributed by atoms with E-state index in [1.807, 2.05) is 30.3 Å². The van der Waals surface area contributed by atoms with Gasteiger partial charge in [0.05, 0.1) is 6.61 Å². The van der Waals surface area contributed by atoms with Crippen LogP contribution in [0.4, 0.5) is 0 Å². The molecule has 20 heavy (non-hydrogen) atoms. The normalized spacial score (nSPS) is 11.2. The summed E-state index contributed by atoms with van der Waals surface area (Å²) in [5.74, 6) is -0.902. The molecule has 2 aromatic rings. The Morgan fingerprint density at radius 1 is 1.20 bits per heavy atom. The summed E-state index contributed by atoms with van der Waals surface area (Å²) in [6.07, 6.45) is 1.57. The quantitative estimate of drug-likeness (QED) is 0.277. The van der Waals surface area contributed by atoms with Gasteiger partial charge in [0.2, 0.25) is 5.78 Å². The van der Waals surface area contributed by atoms with E-state index in [1.165, 1.54) is 11.3 Å². The van der Waals surface area contributed by atoms with E-state index in [0.717, 1.165) is 5.56 Å². The van der Waals surface area contributed by atoms with Crippen molar-refractivity contribution in [3.63, 3.8) is 0 Å². The van der Waals surface area contributed by atoms with Crippen molar-refractivity contribution >= 4 is 29.2 Å². The van der Waals surface area contributed by atoms with Crippen molar-refractivity contribution in [2.24, 2.45) is 0 Å². The second-order valence-electron chi connectivity index (χ2n) is 4.03. The highest BCUT2D eigenvalue weighted by Crippen LogP contribution is 2.16. The highest BCUT2D eigenvalue weighted by atomic mass is 32.1. The summed E-state index contributed by atoms with van der Waals surface area (Å²) >= 11 is 1.42. The number of Topliss-reactive ketones (excluding diaryl/α,β-unsaturated/α-hetero) is 1. The van der Waals surface area contributed by atoms with Crippen LogP contribution in [-0.2, 0) is 9.53 Å². The molecular weight excluding hydrogens is 272 g/mol. The number of carbonyl (C=O) groups excluding carboxylic acids is 2. The van der Waals surface area contributed by atoms with Gasteiger partial charge in [-0.1, -0.05) is 30.3 Å². The monoisotopic (exact) mass is 286 g/mol. The van der Waals surface area contributed by atoms with Gasteiger partial charge >= 0.3 is 5.97 Å². The average molecular weight is 286 g/mol. The maximum Gasteiger partial charge on any atom is 0.342 e. The third kappa shape index (κ3) is 3.42. The number of hydrogen-bond donors (Lipinski definition) is 0. The van der Waals surface area contributed by atoms with E-state index in [-0.39, 0.29) is 18.0 Å². The number of ketones is 1. The molecule has 0 aliphatic rings. The first kappa shape index (κ1) is 14.2. The summed E-state index contributed by atoms with van der Waals surface area (Å²) in [4.78, 5) is 24.3. The fourth-order valence-corrected chi connectivity index (χ4v) is 2.33. The summed E-state index contributed by atoms with van der Waals surface area (Å²) in [6, 6.07) is 10.9. The van der Waals surface area contributed by atoms with Gasteiger partial charge in [-0.15, -0.1) is 0 Å². The summed E-state index contributed by atoms with van der Waals surface area (Å²) in [7, 11) is 0. The van der Waals surface area contributed by atoms with E-state index < -0.39 is 5.97 Å². The molecule has 0 atom stereocenters. The van der Waals surface area contributed by atoms with Crippen molar-refractivity contribution in [2.45, 2.75) is 6.92 Å². The van der Waals surface area contributed by atoms with Crippen molar-refractivity contribution in [2.75, 3.05) is 6.61 Å². The molecule has 0 fully saturated rings. The predicted octanol–water partition coefficient (Wildman–Crippen LogP) is 3.58. The molecule has 1 aromatic heterocycles. The Labute approximate surface area is 121 Å². The lowest BCUT2D eigenvalue weighted by molar-refractivity contribution is -0.137. The smallest absolute Gasteiger partial charge is 0.342 e. The molecule has 0 saturated heterocycles. The van der Waals surface area contributed by atoms with E-state index in [1.54, 1.807) is 29.8 Å². The standard InChI is InChI=1S/C16H14O3S/c1-2-19-16(18)14(10-12-6-4-3-5-7-12)15(17)13-8-9-20-11-13/h3-11H,2H2,1H3/b14-10-. The van der Waals surface area contributed by atoms with Crippen molar-refractivity contribution in [1.29, 1.82) is 0 Å². The van der Waals surface area contributed by atoms with Crippen LogP contribution < -0.4 is 0 Å². The minimum Gasteiger partial charge on any atom is -0.462 e. The molecule has 0 unspecified atom stereocenters. The molecule has 1 heterocycles. The summed E-state index contributed by atoms with van der Waals surface area (Å²) in [5, 5.41) is 3.53. The van der Waals surface area contributed by atoms with Crippen LogP contribution in [0.2, 0.25) is 0 Å². The van der Waals surface area contributed by atoms with Gasteiger partial charge in [0, 0.05) is 10.9 Å². The maximum atomic E-state index is 12.4. The highest BCUT2D eigenvalue weighted by Gasteiger charge is 2.21. The number of hydrogen-bond acceptors (Lipinski definition) is 4. The summed E-state index contributed by atoms with van der Waals surface area (Å²) < 4.78 is 4.97. The van der Waals surface area contributed by atoms with Crippen LogP contribution in [0.25, 0.3) is 6.08 Å². The van der Waals surface area contributed by atoms with E-state index >= 15 is 0 Å². The van der Waals surface area contributed by atoms with Crippen LogP contribution in [-0.4, -0.2) is 18.4 Å². The lowest BCUT2D eigenvalue weighted by atomic mass is 10.0. The number of carbonyl (C=O) groups is 2. The zero-order chi connectivity index (χ0) is 14.4. The highest BCUT2D eigenvalue weighted by molar-refractivity contribution is 7.08. The van der Waals surface area contributed by atoms with Gasteiger partial charge in [-0.25, -0.2) is 4.79 Å². The molecule has 0 amide bonds. The van der Waals surface area contributed by atoms with Gasteiger partial charge in [-0.05, 0) is 30.0 Å². The Morgan fingerprint density at radius 2 is 1.95 bits per heavy atom. The number of rotatable bonds is 5. The number of esters is 1. The van der Waals surface area contributed by atoms with E-state index in [9.17, 15) is 9.59 Å². The lowest BCUT2D eigenvalue weighted by Gasteiger charge is -2.05. The SMILES string of the molecule is CCOC(=O)/C(=C\c1ccccc1)C(=O)c1ccsc1. The molecule has 0 saturated carbocycles. The molecule has 1 aromatic carbocycles. The Morgan fingerprint density at radius 3 is 2.55 bits per heavy atom. The van der Waals surface area contributed by atoms with Crippen molar-refractivity contribution < 1.29 is 14.3 Å². The lowest BCUT2D eigenvalue weighted by Crippen LogP contribution is -2.15. The Kier molecular flexibility index (Phi) is 4.85. The van der Waals surface area contributed by atoms with Gasteiger partial charge in [0.1, 0.15) is 5.57 Å². The van der Waals surface area contributed by atoms with Crippen molar-refractivity contribution in [3.05, 3.63) is 63.9 Å². The molecule has 0 bridgehead atoms. The average Bonchev–Trinajstić information content (AvgIpc) is 2.99. The van der Waals surface area contributed by atoms with Gasteiger partial charge in [-0.3, -0.25) is 4.79 Å². The van der Waals surface area contributed by atoms with Crippen LogP contribution in [0, 0.1) is 0 Å². The maximum absolute atomic E-state index is 12.4. The summed E-state index contributed by atoms with van der Waals surface area (Å²) in [5.41, 5.74) is 1.35. The van der Waals surface area contributed by atoms with Gasteiger partial charge in [0.15, 0.2) is 0 Å². The number of ether oxygens (including phenoxy) is 1. The van der Waals surface area contributed by atoms with Crippen LogP contribution in [0.1, 0.15) is 22.8 Å². The van der Waals surface area contributed by atoms with Gasteiger partial charge in [-0.2, -0.15) is 11.3 Å². The first-order chi connectivity index (χ1) is 9.72. The molecule has 3 nitrogen and oxygen atoms in total. The van der Waals surface area contributed by atoms with Gasteiger partial charge in [0.25, 0.3) is 0 Å². The van der Waals surface area contributed by atoms with Crippen molar-refractivity contribution in [3.8, 4) is 0 Å². The number of benzene rings is 1. The Balaban J connectivity index is 2.37. The minimum absolute atomic E-state index is 0.0523. The van der Waals surface area contributed by atoms with Crippen LogP contribution >= 0.6 is 11.3 Å². The third-order valence-electron chi connectivity index (χ3n) is 2.63. The molecular formula is C16H14O3S. The molecule has 0 aliphatic carbocycles. The first-order valence-corrected chi connectivity index (χ1v) is 7.17. The molecule has 0 N–H and O–H groups in total. The third-order valence-corrected chi connectivity index (χ3v) is 3.32.